The van der Waals surface area contributed by atoms with Crippen LogP contribution < -0.4 is 0 Å². The monoisotopic (exact) mass is 244 g/mol. The van der Waals surface area contributed by atoms with Crippen LogP contribution >= 0.6 is 69.3 Å². The molecule has 2 rings (SSSR count). The molecule has 0 nitrogen and oxygen atoms in total. The van der Waals surface area contributed by atoms with Crippen LogP contribution in [0.15, 0.2) is 0 Å². The first kappa shape index (κ1) is 7.45. The van der Waals surface area contributed by atoms with Crippen molar-refractivity contribution < 1.29 is 0 Å². The van der Waals surface area contributed by atoms with E-state index in [-0.39, 0.29) is 0 Å². The largest absolute Gasteiger partial charge is 0.324 e. The average Bonchev–Trinajstić information content (AvgIpc) is 1.58. The maximum Gasteiger partial charge on any atom is 0.324 e. The van der Waals surface area contributed by atoms with Crippen molar-refractivity contribution in [3.63, 3.8) is 0 Å². The van der Waals surface area contributed by atoms with Crippen molar-refractivity contribution in [2.45, 2.75) is 0 Å². The second-order valence-electron chi connectivity index (χ2n) is 1.41. The zero-order valence-electron chi connectivity index (χ0n) is 3.95. The average molecular weight is 245 g/mol. The molecule has 0 bridgehead atoms. The van der Waals surface area contributed by atoms with Crippen molar-refractivity contribution in [3.05, 3.63) is 0 Å². The Labute approximate surface area is 80.3 Å². The van der Waals surface area contributed by atoms with E-state index in [1.165, 1.54) is 0 Å². The van der Waals surface area contributed by atoms with Gasteiger partial charge in [-0.25, -0.2) is 0 Å². The molecule has 0 aromatic carbocycles. The summed E-state index contributed by atoms with van der Waals surface area (Å²) in [6, 6.07) is 0. The summed E-state index contributed by atoms with van der Waals surface area (Å²) < 4.78 is 1.20. The molecular formula is C2S6Si. The first-order valence-corrected chi connectivity index (χ1v) is 11.0. The highest BCUT2D eigenvalue weighted by molar-refractivity contribution is 9.25. The van der Waals surface area contributed by atoms with E-state index in [0.29, 0.717) is 0 Å². The van der Waals surface area contributed by atoms with Gasteiger partial charge in [-0.2, -0.15) is 0 Å². The predicted octanol–water partition coefficient (Wildman–Crippen LogP) is 2.95. The second-order valence-corrected chi connectivity index (χ2v) is 21.7. The minimum atomic E-state index is -1.03. The lowest BCUT2D eigenvalue weighted by molar-refractivity contribution is 3.77. The van der Waals surface area contributed by atoms with E-state index >= 15 is 0 Å². The molecule has 0 aliphatic carbocycles. The van der Waals surface area contributed by atoms with Gasteiger partial charge in [0.05, 0.1) is 7.06 Å². The topological polar surface area (TPSA) is 0 Å². The second kappa shape index (κ2) is 2.39. The van der Waals surface area contributed by atoms with E-state index < -0.39 is 4.67 Å². The van der Waals surface area contributed by atoms with Gasteiger partial charge in [-0.15, -0.1) is 0 Å². The van der Waals surface area contributed by atoms with E-state index in [2.05, 4.69) is 0 Å². The van der Waals surface area contributed by atoms with Crippen molar-refractivity contribution in [1.29, 1.82) is 0 Å². The fourth-order valence-electron chi connectivity index (χ4n) is 0.507. The number of thiocarbonyl (C=S) groups is 2. The molecule has 2 heterocycles. The molecule has 2 aliphatic heterocycles. The smallest absolute Gasteiger partial charge is 0.0969 e. The molecule has 0 aromatic rings. The molecule has 48 valence electrons. The normalized spacial score (nSPS) is 29.8. The Morgan fingerprint density at radius 2 is 1.22 bits per heavy atom. The summed E-state index contributed by atoms with van der Waals surface area (Å²) in [5, 5.41) is 0. The van der Waals surface area contributed by atoms with Crippen LogP contribution in [0.25, 0.3) is 0 Å². The zero-order chi connectivity index (χ0) is 6.48. The highest BCUT2D eigenvalue weighted by Gasteiger charge is 2.57. The number of hydrogen-bond donors (Lipinski definition) is 0. The molecule has 2 saturated heterocycles. The molecule has 2 fully saturated rings. The lowest BCUT2D eigenvalue weighted by Crippen LogP contribution is -2.38. The summed E-state index contributed by atoms with van der Waals surface area (Å²) in [5.74, 6) is 0. The van der Waals surface area contributed by atoms with Crippen molar-refractivity contribution in [1.82, 2.24) is 0 Å². The van der Waals surface area contributed by atoms with Crippen molar-refractivity contribution in [2.75, 3.05) is 0 Å². The van der Waals surface area contributed by atoms with E-state index in [0.717, 1.165) is 7.06 Å². The lowest BCUT2D eigenvalue weighted by atomic mass is 11.9. The summed E-state index contributed by atoms with van der Waals surface area (Å²) in [4.78, 5) is 0. The van der Waals surface area contributed by atoms with Crippen molar-refractivity contribution in [2.24, 2.45) is 0 Å². The van der Waals surface area contributed by atoms with Gasteiger partial charge in [-0.1, -0.05) is 69.3 Å². The molecule has 9 heavy (non-hydrogen) atoms. The first-order valence-electron chi connectivity index (χ1n) is 2.04. The Bertz CT molecular complexity index is 156. The number of rotatable bonds is 0. The molecular weight excluding hydrogens is 245 g/mol. The Balaban J connectivity index is 2.01. The summed E-state index contributed by atoms with van der Waals surface area (Å²) in [7, 11) is 0. The van der Waals surface area contributed by atoms with Gasteiger partial charge in [0, 0.05) is 0 Å². The Kier molecular flexibility index (Phi) is 1.98. The third-order valence-corrected chi connectivity index (χ3v) is 22.5. The van der Waals surface area contributed by atoms with Crippen molar-refractivity contribution >= 4 is 81.0 Å². The molecule has 7 heteroatoms. The minimum absolute atomic E-state index is 1.03. The molecule has 2 aliphatic rings. The molecule has 1 spiro atoms. The molecule has 0 aromatic heterocycles. The number of hydrogen-bond acceptors (Lipinski definition) is 6. The zero-order valence-corrected chi connectivity index (χ0v) is 9.85. The van der Waals surface area contributed by atoms with Crippen LogP contribution in [0, 0.1) is 0 Å². The predicted molar refractivity (Wildman–Crippen MR) is 61.3 cm³/mol. The molecule has 0 amide bonds. The highest BCUT2D eigenvalue weighted by atomic mass is 33.0. The standard InChI is InChI=1S/C2S6Si/c3-1-5-9(6-1)7-2(4)8-9. The quantitative estimate of drug-likeness (QED) is 0.471. The van der Waals surface area contributed by atoms with Crippen LogP contribution in [0.2, 0.25) is 0 Å². The minimum Gasteiger partial charge on any atom is -0.0969 e. The van der Waals surface area contributed by atoms with Crippen LogP contribution in [0.5, 0.6) is 0 Å². The van der Waals surface area contributed by atoms with E-state index in [1.807, 2.05) is 44.8 Å². The van der Waals surface area contributed by atoms with Gasteiger partial charge in [-0.3, -0.25) is 0 Å². The summed E-state index contributed by atoms with van der Waals surface area (Å²) >= 11 is 17.5. The fraction of sp³-hybridized carbons (Fsp3) is 0. The fourth-order valence-corrected chi connectivity index (χ4v) is 32.1. The summed E-state index contributed by atoms with van der Waals surface area (Å²) in [6.07, 6.45) is 0. The Morgan fingerprint density at radius 3 is 1.44 bits per heavy atom. The molecule has 0 unspecified atom stereocenters. The van der Waals surface area contributed by atoms with Gasteiger partial charge in [0.25, 0.3) is 0 Å². The lowest BCUT2D eigenvalue weighted by Gasteiger charge is -2.42. The van der Waals surface area contributed by atoms with Crippen LogP contribution in [-0.4, -0.2) is 11.7 Å². The van der Waals surface area contributed by atoms with E-state index in [4.69, 9.17) is 24.4 Å². The third kappa shape index (κ3) is 1.25. The molecule has 0 saturated carbocycles. The van der Waals surface area contributed by atoms with Crippen LogP contribution in [0.1, 0.15) is 0 Å². The first-order chi connectivity index (χ1) is 4.20. The highest BCUT2D eigenvalue weighted by Crippen LogP contribution is 2.69. The van der Waals surface area contributed by atoms with Gasteiger partial charge in [-0.05, 0) is 0 Å². The SMILES string of the molecule is S=C1S[Si]2(S1)SC(=S)S2. The van der Waals surface area contributed by atoms with E-state index in [1.54, 1.807) is 0 Å². The van der Waals surface area contributed by atoms with Crippen LogP contribution in [0.3, 0.4) is 0 Å². The van der Waals surface area contributed by atoms with Gasteiger partial charge in [0.15, 0.2) is 0 Å². The van der Waals surface area contributed by atoms with Gasteiger partial charge >= 0.3 is 4.67 Å². The van der Waals surface area contributed by atoms with Gasteiger partial charge < -0.3 is 0 Å². The third-order valence-electron chi connectivity index (χ3n) is 0.833. The molecule has 0 radical (unpaired) electrons. The van der Waals surface area contributed by atoms with Gasteiger partial charge in [0.2, 0.25) is 0 Å². The maximum atomic E-state index is 4.96. The van der Waals surface area contributed by atoms with E-state index in [9.17, 15) is 0 Å². The molecule has 0 atom stereocenters. The van der Waals surface area contributed by atoms with Crippen LogP contribution in [0.4, 0.5) is 0 Å². The van der Waals surface area contributed by atoms with Crippen LogP contribution in [-0.2, 0) is 0 Å². The Hall–Kier alpha value is 1.80. The summed E-state index contributed by atoms with van der Waals surface area (Å²) in [5.41, 5.74) is 0. The molecule has 0 N–H and O–H groups in total. The van der Waals surface area contributed by atoms with Crippen molar-refractivity contribution in [3.8, 4) is 0 Å². The summed E-state index contributed by atoms with van der Waals surface area (Å²) in [6.45, 7) is 0. The maximum absolute atomic E-state index is 4.96. The van der Waals surface area contributed by atoms with Gasteiger partial charge in [0.1, 0.15) is 0 Å². The Morgan fingerprint density at radius 1 is 0.889 bits per heavy atom.